The van der Waals surface area contributed by atoms with Crippen molar-refractivity contribution in [1.82, 2.24) is 25.1 Å². The lowest BCUT2D eigenvalue weighted by Gasteiger charge is -2.27. The number of H-pyrrole nitrogens is 2. The molecule has 0 saturated carbocycles. The van der Waals surface area contributed by atoms with E-state index in [0.29, 0.717) is 17.8 Å². The zero-order chi connectivity index (χ0) is 25.7. The first-order chi connectivity index (χ1) is 17.8. The van der Waals surface area contributed by atoms with E-state index in [0.717, 1.165) is 52.6 Å². The van der Waals surface area contributed by atoms with Crippen LogP contribution in [-0.4, -0.2) is 40.1 Å². The molecular weight excluding hydrogens is 486 g/mol. The van der Waals surface area contributed by atoms with Crippen LogP contribution in [0.5, 0.6) is 0 Å². The second-order valence-electron chi connectivity index (χ2n) is 9.52. The molecule has 188 valence electrons. The number of aromatic amines is 2. The van der Waals surface area contributed by atoms with Crippen molar-refractivity contribution in [3.8, 4) is 11.5 Å². The van der Waals surface area contributed by atoms with E-state index in [1.807, 2.05) is 12.1 Å². The number of pyridine rings is 1. The standard InChI is InChI=1S/C27H27N7O2S/c1-16-6-4-5-7-24(16)37(35,36)33-19-8-9-25(28-14-19)34-11-10-20-23(15-34)31-32-26(20)27-29-21-12-17(2)18(3)13-22(21)30-27/h4-9,12-14,33H,10-11,15H2,1-3H3,(H,29,30)(H,31,32). The van der Waals surface area contributed by atoms with Gasteiger partial charge in [0.2, 0.25) is 0 Å². The number of aromatic nitrogens is 5. The van der Waals surface area contributed by atoms with Crippen LogP contribution in [0.15, 0.2) is 59.6 Å². The second-order valence-corrected chi connectivity index (χ2v) is 11.2. The smallest absolute Gasteiger partial charge is 0.262 e. The Morgan fingerprint density at radius 2 is 1.81 bits per heavy atom. The van der Waals surface area contributed by atoms with Gasteiger partial charge >= 0.3 is 0 Å². The van der Waals surface area contributed by atoms with Gasteiger partial charge in [0.1, 0.15) is 11.5 Å². The number of fused-ring (bicyclic) bond motifs is 2. The van der Waals surface area contributed by atoms with Gasteiger partial charge < -0.3 is 9.88 Å². The van der Waals surface area contributed by atoms with Gasteiger partial charge in [-0.3, -0.25) is 9.82 Å². The fourth-order valence-electron chi connectivity index (χ4n) is 4.79. The second kappa shape index (κ2) is 8.74. The fourth-order valence-corrected chi connectivity index (χ4v) is 6.08. The Labute approximate surface area is 215 Å². The fraction of sp³-hybridized carbons (Fsp3) is 0.222. The summed E-state index contributed by atoms with van der Waals surface area (Å²) in [7, 11) is -3.69. The summed E-state index contributed by atoms with van der Waals surface area (Å²) in [5.74, 6) is 1.55. The summed E-state index contributed by atoms with van der Waals surface area (Å²) in [5.41, 5.74) is 8.54. The maximum absolute atomic E-state index is 12.8. The van der Waals surface area contributed by atoms with Crippen LogP contribution >= 0.6 is 0 Å². The van der Waals surface area contributed by atoms with Crippen LogP contribution in [0.3, 0.4) is 0 Å². The molecule has 1 aliphatic rings. The van der Waals surface area contributed by atoms with Gasteiger partial charge in [0, 0.05) is 12.1 Å². The molecule has 0 radical (unpaired) electrons. The van der Waals surface area contributed by atoms with E-state index < -0.39 is 10.0 Å². The highest BCUT2D eigenvalue weighted by Crippen LogP contribution is 2.30. The maximum Gasteiger partial charge on any atom is 0.262 e. The summed E-state index contributed by atoms with van der Waals surface area (Å²) in [6.45, 7) is 7.35. The molecular formula is C27H27N7O2S. The number of hydrogen-bond donors (Lipinski definition) is 3. The molecule has 9 nitrogen and oxygen atoms in total. The minimum Gasteiger partial charge on any atom is -0.350 e. The number of nitrogens with zero attached hydrogens (tertiary/aromatic N) is 4. The van der Waals surface area contributed by atoms with Crippen molar-refractivity contribution >= 4 is 32.6 Å². The predicted molar refractivity (Wildman–Crippen MR) is 144 cm³/mol. The van der Waals surface area contributed by atoms with Crippen LogP contribution in [0.1, 0.15) is 27.9 Å². The van der Waals surface area contributed by atoms with Crippen molar-refractivity contribution in [2.75, 3.05) is 16.2 Å². The number of hydrogen-bond acceptors (Lipinski definition) is 6. The van der Waals surface area contributed by atoms with Gasteiger partial charge in [-0.2, -0.15) is 5.10 Å². The highest BCUT2D eigenvalue weighted by atomic mass is 32.2. The van der Waals surface area contributed by atoms with Gasteiger partial charge in [-0.15, -0.1) is 0 Å². The highest BCUT2D eigenvalue weighted by molar-refractivity contribution is 7.92. The molecule has 0 aliphatic carbocycles. The number of anilines is 2. The van der Waals surface area contributed by atoms with E-state index in [-0.39, 0.29) is 4.90 Å². The first-order valence-corrected chi connectivity index (χ1v) is 13.6. The number of aryl methyl sites for hydroxylation is 3. The molecule has 0 atom stereocenters. The minimum atomic E-state index is -3.69. The van der Waals surface area contributed by atoms with Crippen molar-refractivity contribution < 1.29 is 8.42 Å². The van der Waals surface area contributed by atoms with Crippen molar-refractivity contribution in [3.05, 3.63) is 82.7 Å². The number of benzene rings is 2. The Morgan fingerprint density at radius 3 is 2.59 bits per heavy atom. The monoisotopic (exact) mass is 513 g/mol. The lowest BCUT2D eigenvalue weighted by atomic mass is 10.0. The zero-order valence-electron chi connectivity index (χ0n) is 20.8. The molecule has 0 spiro atoms. The molecule has 0 fully saturated rings. The number of sulfonamides is 1. The summed E-state index contributed by atoms with van der Waals surface area (Å²) in [4.78, 5) is 15.1. The lowest BCUT2D eigenvalue weighted by Crippen LogP contribution is -2.31. The normalized spacial score (nSPS) is 13.6. The van der Waals surface area contributed by atoms with Gasteiger partial charge in [-0.05, 0) is 74.2 Å². The maximum atomic E-state index is 12.8. The predicted octanol–water partition coefficient (Wildman–Crippen LogP) is 4.64. The van der Waals surface area contributed by atoms with Crippen molar-refractivity contribution in [3.63, 3.8) is 0 Å². The first kappa shape index (κ1) is 23.2. The molecule has 0 unspecified atom stereocenters. The SMILES string of the molecule is Cc1cc2nc(-c3n[nH]c4c3CCN(c3ccc(NS(=O)(=O)c5ccccc5C)cn3)C4)[nH]c2cc1C. The number of nitrogens with one attached hydrogen (secondary N) is 3. The van der Waals surface area contributed by atoms with E-state index in [9.17, 15) is 8.42 Å². The van der Waals surface area contributed by atoms with Gasteiger partial charge in [0.25, 0.3) is 10.0 Å². The number of imidazole rings is 1. The van der Waals surface area contributed by atoms with Gasteiger partial charge in [-0.25, -0.2) is 18.4 Å². The summed E-state index contributed by atoms with van der Waals surface area (Å²) in [5, 5.41) is 7.77. The van der Waals surface area contributed by atoms with Gasteiger partial charge in [-0.1, -0.05) is 18.2 Å². The molecule has 2 aromatic carbocycles. The summed E-state index contributed by atoms with van der Waals surface area (Å²) >= 11 is 0. The van der Waals surface area contributed by atoms with Crippen LogP contribution in [-0.2, 0) is 23.0 Å². The van der Waals surface area contributed by atoms with Gasteiger partial charge in [0.15, 0.2) is 5.82 Å². The largest absolute Gasteiger partial charge is 0.350 e. The highest BCUT2D eigenvalue weighted by Gasteiger charge is 2.25. The van der Waals surface area contributed by atoms with Gasteiger partial charge in [0.05, 0.1) is 40.1 Å². The Balaban J connectivity index is 1.20. The Morgan fingerprint density at radius 1 is 1.00 bits per heavy atom. The third-order valence-electron chi connectivity index (χ3n) is 6.96. The van der Waals surface area contributed by atoms with E-state index in [4.69, 9.17) is 4.98 Å². The molecule has 5 aromatic rings. The number of rotatable bonds is 5. The molecule has 3 N–H and O–H groups in total. The summed E-state index contributed by atoms with van der Waals surface area (Å²) in [6, 6.07) is 14.7. The van der Waals surface area contributed by atoms with Crippen LogP contribution in [0.25, 0.3) is 22.6 Å². The lowest BCUT2D eigenvalue weighted by molar-refractivity contribution is 0.600. The van der Waals surface area contributed by atoms with Crippen LogP contribution in [0, 0.1) is 20.8 Å². The third kappa shape index (κ3) is 4.23. The topological polar surface area (TPSA) is 120 Å². The van der Waals surface area contributed by atoms with Crippen molar-refractivity contribution in [2.45, 2.75) is 38.6 Å². The molecule has 4 heterocycles. The van der Waals surface area contributed by atoms with Crippen molar-refractivity contribution in [2.24, 2.45) is 0 Å². The summed E-state index contributed by atoms with van der Waals surface area (Å²) in [6.07, 6.45) is 2.34. The molecule has 0 bridgehead atoms. The molecule has 6 rings (SSSR count). The zero-order valence-corrected chi connectivity index (χ0v) is 21.6. The van der Waals surface area contributed by atoms with E-state index in [2.05, 4.69) is 55.8 Å². The quantitative estimate of drug-likeness (QED) is 0.315. The average molecular weight is 514 g/mol. The van der Waals surface area contributed by atoms with Crippen LogP contribution in [0.4, 0.5) is 11.5 Å². The van der Waals surface area contributed by atoms with E-state index in [1.54, 1.807) is 37.4 Å². The Bertz CT molecular complexity index is 1700. The Hall–Kier alpha value is -4.18. The van der Waals surface area contributed by atoms with E-state index >= 15 is 0 Å². The molecule has 0 amide bonds. The third-order valence-corrected chi connectivity index (χ3v) is 8.50. The van der Waals surface area contributed by atoms with Crippen molar-refractivity contribution in [1.29, 1.82) is 0 Å². The minimum absolute atomic E-state index is 0.257. The molecule has 1 aliphatic heterocycles. The van der Waals surface area contributed by atoms with Crippen LogP contribution < -0.4 is 9.62 Å². The molecule has 37 heavy (non-hydrogen) atoms. The molecule has 10 heteroatoms. The first-order valence-electron chi connectivity index (χ1n) is 12.1. The average Bonchev–Trinajstić information content (AvgIpc) is 3.48. The van der Waals surface area contributed by atoms with Crippen LogP contribution in [0.2, 0.25) is 0 Å². The summed E-state index contributed by atoms with van der Waals surface area (Å²) < 4.78 is 28.2. The molecule has 0 saturated heterocycles. The molecule has 3 aromatic heterocycles. The Kier molecular flexibility index (Phi) is 5.49. The van der Waals surface area contributed by atoms with E-state index in [1.165, 1.54) is 11.1 Å².